The van der Waals surface area contributed by atoms with E-state index >= 15 is 0 Å². The van der Waals surface area contributed by atoms with Crippen molar-refractivity contribution in [1.82, 2.24) is 0 Å². The fourth-order valence-corrected chi connectivity index (χ4v) is 2.09. The first-order chi connectivity index (χ1) is 9.90. The van der Waals surface area contributed by atoms with Gasteiger partial charge in [-0.25, -0.2) is 0 Å². The molecule has 0 heterocycles. The number of benzene rings is 2. The molecular weight excluding hydrogens is 270 g/mol. The molecule has 1 amide bonds. The summed E-state index contributed by atoms with van der Waals surface area (Å²) in [6, 6.07) is 9.53. The number of hydrogen-bond donors (Lipinski definition) is 2. The molecule has 0 fully saturated rings. The second kappa shape index (κ2) is 5.62. The number of nitrogen functional groups attached to an aromatic ring is 1. The van der Waals surface area contributed by atoms with Gasteiger partial charge in [-0.15, -0.1) is 0 Å². The maximum Gasteiger partial charge on any atom is 0.282 e. The second-order valence-corrected chi connectivity index (χ2v) is 4.75. The lowest BCUT2D eigenvalue weighted by Gasteiger charge is -2.11. The van der Waals surface area contributed by atoms with E-state index in [1.165, 1.54) is 18.2 Å². The summed E-state index contributed by atoms with van der Waals surface area (Å²) in [4.78, 5) is 22.7. The standard InChI is InChI=1S/C15H15N3O3/c1-9-4-3-5-10(2)14(9)17-15(19)12-8-11(16)6-7-13(12)18(20)21/h3-8H,16H2,1-2H3,(H,17,19). The predicted molar refractivity (Wildman–Crippen MR) is 81.4 cm³/mol. The second-order valence-electron chi connectivity index (χ2n) is 4.75. The molecule has 2 aromatic rings. The predicted octanol–water partition coefficient (Wildman–Crippen LogP) is 3.05. The number of anilines is 2. The Morgan fingerprint density at radius 1 is 1.19 bits per heavy atom. The smallest absolute Gasteiger partial charge is 0.282 e. The van der Waals surface area contributed by atoms with Crippen LogP contribution in [0.3, 0.4) is 0 Å². The largest absolute Gasteiger partial charge is 0.399 e. The Kier molecular flexibility index (Phi) is 3.89. The van der Waals surface area contributed by atoms with Gasteiger partial charge in [-0.1, -0.05) is 18.2 Å². The molecule has 3 N–H and O–H groups in total. The number of amides is 1. The van der Waals surface area contributed by atoms with Crippen LogP contribution >= 0.6 is 0 Å². The van der Waals surface area contributed by atoms with Crippen LogP contribution in [0.5, 0.6) is 0 Å². The Morgan fingerprint density at radius 3 is 2.38 bits per heavy atom. The maximum absolute atomic E-state index is 12.3. The van der Waals surface area contributed by atoms with E-state index in [9.17, 15) is 14.9 Å². The van der Waals surface area contributed by atoms with Crippen LogP contribution in [-0.2, 0) is 0 Å². The van der Waals surface area contributed by atoms with Crippen LogP contribution in [0.2, 0.25) is 0 Å². The van der Waals surface area contributed by atoms with Crippen LogP contribution in [0.4, 0.5) is 17.1 Å². The topological polar surface area (TPSA) is 98.3 Å². The summed E-state index contributed by atoms with van der Waals surface area (Å²) in [6.07, 6.45) is 0. The number of nitrogens with two attached hydrogens (primary N) is 1. The molecule has 0 aromatic heterocycles. The molecule has 0 atom stereocenters. The molecule has 6 heteroatoms. The van der Waals surface area contributed by atoms with Crippen molar-refractivity contribution in [1.29, 1.82) is 0 Å². The highest BCUT2D eigenvalue weighted by atomic mass is 16.6. The van der Waals surface area contributed by atoms with Crippen LogP contribution in [0.25, 0.3) is 0 Å². The molecule has 0 bridgehead atoms. The Hall–Kier alpha value is -2.89. The summed E-state index contributed by atoms with van der Waals surface area (Å²) in [7, 11) is 0. The zero-order valence-electron chi connectivity index (χ0n) is 11.7. The summed E-state index contributed by atoms with van der Waals surface area (Å²) < 4.78 is 0. The van der Waals surface area contributed by atoms with E-state index in [1.807, 2.05) is 32.0 Å². The first-order valence-electron chi connectivity index (χ1n) is 6.31. The maximum atomic E-state index is 12.3. The van der Waals surface area contributed by atoms with Crippen molar-refractivity contribution in [3.8, 4) is 0 Å². The number of nitro groups is 1. The first-order valence-corrected chi connectivity index (χ1v) is 6.31. The lowest BCUT2D eigenvalue weighted by atomic mass is 10.1. The van der Waals surface area contributed by atoms with Crippen molar-refractivity contribution in [3.05, 3.63) is 63.2 Å². The van der Waals surface area contributed by atoms with Gasteiger partial charge in [-0.3, -0.25) is 14.9 Å². The fraction of sp³-hybridized carbons (Fsp3) is 0.133. The van der Waals surface area contributed by atoms with Gasteiger partial charge in [-0.2, -0.15) is 0 Å². The molecular formula is C15H15N3O3. The molecule has 6 nitrogen and oxygen atoms in total. The van der Waals surface area contributed by atoms with Crippen molar-refractivity contribution in [2.75, 3.05) is 11.1 Å². The number of hydrogen-bond acceptors (Lipinski definition) is 4. The zero-order chi connectivity index (χ0) is 15.6. The van der Waals surface area contributed by atoms with Gasteiger partial charge in [-0.05, 0) is 37.1 Å². The van der Waals surface area contributed by atoms with Crippen molar-refractivity contribution in [2.45, 2.75) is 13.8 Å². The molecule has 0 saturated carbocycles. The summed E-state index contributed by atoms with van der Waals surface area (Å²) in [6.45, 7) is 3.72. The minimum Gasteiger partial charge on any atom is -0.399 e. The van der Waals surface area contributed by atoms with Crippen LogP contribution in [-0.4, -0.2) is 10.8 Å². The third-order valence-corrected chi connectivity index (χ3v) is 3.18. The van der Waals surface area contributed by atoms with Crippen molar-refractivity contribution < 1.29 is 9.72 Å². The van der Waals surface area contributed by atoms with E-state index in [4.69, 9.17) is 5.73 Å². The third-order valence-electron chi connectivity index (χ3n) is 3.18. The summed E-state index contributed by atoms with van der Waals surface area (Å²) in [5.41, 5.74) is 8.01. The number of rotatable bonds is 3. The molecule has 0 radical (unpaired) electrons. The highest BCUT2D eigenvalue weighted by Crippen LogP contribution is 2.25. The van der Waals surface area contributed by atoms with Crippen LogP contribution in [0.1, 0.15) is 21.5 Å². The molecule has 0 unspecified atom stereocenters. The Morgan fingerprint density at radius 2 is 1.81 bits per heavy atom. The number of nitro benzene ring substituents is 1. The highest BCUT2D eigenvalue weighted by Gasteiger charge is 2.21. The van der Waals surface area contributed by atoms with Crippen LogP contribution in [0.15, 0.2) is 36.4 Å². The van der Waals surface area contributed by atoms with Gasteiger partial charge in [0.15, 0.2) is 0 Å². The Bertz CT molecular complexity index is 706. The zero-order valence-corrected chi connectivity index (χ0v) is 11.7. The van der Waals surface area contributed by atoms with Gasteiger partial charge in [0.2, 0.25) is 0 Å². The van der Waals surface area contributed by atoms with Gasteiger partial charge in [0, 0.05) is 17.4 Å². The highest BCUT2D eigenvalue weighted by molar-refractivity contribution is 6.08. The normalized spacial score (nSPS) is 10.2. The van der Waals surface area contributed by atoms with Crippen molar-refractivity contribution in [2.24, 2.45) is 0 Å². The van der Waals surface area contributed by atoms with Gasteiger partial charge >= 0.3 is 0 Å². The molecule has 2 rings (SSSR count). The van der Waals surface area contributed by atoms with Crippen molar-refractivity contribution >= 4 is 23.0 Å². The lowest BCUT2D eigenvalue weighted by molar-refractivity contribution is -0.385. The number of nitrogens with one attached hydrogen (secondary N) is 1. The average molecular weight is 285 g/mol. The Labute approximate surface area is 121 Å². The molecule has 0 spiro atoms. The molecule has 0 aliphatic carbocycles. The lowest BCUT2D eigenvalue weighted by Crippen LogP contribution is -2.16. The fourth-order valence-electron chi connectivity index (χ4n) is 2.09. The number of aryl methyl sites for hydroxylation is 2. The van der Waals surface area contributed by atoms with E-state index in [-0.39, 0.29) is 11.3 Å². The van der Waals surface area contributed by atoms with E-state index < -0.39 is 10.8 Å². The van der Waals surface area contributed by atoms with E-state index in [1.54, 1.807) is 0 Å². The SMILES string of the molecule is Cc1cccc(C)c1NC(=O)c1cc(N)ccc1[N+](=O)[O-]. The summed E-state index contributed by atoms with van der Waals surface area (Å²) in [5.74, 6) is -0.550. The minimum atomic E-state index is -0.598. The number of carbonyl (C=O) groups is 1. The van der Waals surface area contributed by atoms with Crippen molar-refractivity contribution in [3.63, 3.8) is 0 Å². The summed E-state index contributed by atoms with van der Waals surface area (Å²) in [5, 5.41) is 13.7. The molecule has 21 heavy (non-hydrogen) atoms. The van der Waals surface area contributed by atoms with E-state index in [0.717, 1.165) is 11.1 Å². The van der Waals surface area contributed by atoms with E-state index in [2.05, 4.69) is 5.32 Å². The molecule has 2 aromatic carbocycles. The summed E-state index contributed by atoms with van der Waals surface area (Å²) >= 11 is 0. The monoisotopic (exact) mass is 285 g/mol. The van der Waals surface area contributed by atoms with Gasteiger partial charge < -0.3 is 11.1 Å². The first kappa shape index (κ1) is 14.5. The van der Waals surface area contributed by atoms with Crippen LogP contribution in [0, 0.1) is 24.0 Å². The van der Waals surface area contributed by atoms with Gasteiger partial charge in [0.25, 0.3) is 11.6 Å². The molecule has 0 aliphatic heterocycles. The number of para-hydroxylation sites is 1. The minimum absolute atomic E-state index is 0.0531. The quantitative estimate of drug-likeness (QED) is 0.514. The molecule has 0 aliphatic rings. The van der Waals surface area contributed by atoms with Gasteiger partial charge in [0.1, 0.15) is 5.56 Å². The number of carbonyl (C=O) groups excluding carboxylic acids is 1. The Balaban J connectivity index is 2.41. The van der Waals surface area contributed by atoms with Gasteiger partial charge in [0.05, 0.1) is 4.92 Å². The third kappa shape index (κ3) is 3.00. The average Bonchev–Trinajstić information content (AvgIpc) is 2.42. The molecule has 0 saturated heterocycles. The van der Waals surface area contributed by atoms with E-state index in [0.29, 0.717) is 11.4 Å². The van der Waals surface area contributed by atoms with Crippen LogP contribution < -0.4 is 11.1 Å². The number of nitrogens with zero attached hydrogens (tertiary/aromatic N) is 1. The molecule has 108 valence electrons.